The maximum atomic E-state index is 2.58. The van der Waals surface area contributed by atoms with Gasteiger partial charge in [-0.15, -0.1) is 0 Å². The van der Waals surface area contributed by atoms with Crippen LogP contribution in [0.1, 0.15) is 18.4 Å². The van der Waals surface area contributed by atoms with E-state index in [2.05, 4.69) is 42.2 Å². The molecule has 2 fully saturated rings. The lowest BCUT2D eigenvalue weighted by atomic mass is 10.1. The molecule has 0 N–H and O–H groups in total. The molecule has 0 spiro atoms. The number of nitrogens with zero attached hydrogens (tertiary/aromatic N) is 1. The van der Waals surface area contributed by atoms with Crippen molar-refractivity contribution in [2.45, 2.75) is 12.8 Å². The van der Waals surface area contributed by atoms with Crippen molar-refractivity contribution >= 4 is 0 Å². The van der Waals surface area contributed by atoms with Gasteiger partial charge >= 0.3 is 0 Å². The summed E-state index contributed by atoms with van der Waals surface area (Å²) in [6, 6.07) is 11.0. The van der Waals surface area contributed by atoms with E-state index < -0.39 is 0 Å². The molecule has 1 nitrogen and oxygen atoms in total. The number of benzene rings is 1. The third-order valence-electron chi connectivity index (χ3n) is 3.90. The summed E-state index contributed by atoms with van der Waals surface area (Å²) in [5, 5.41) is 0. The van der Waals surface area contributed by atoms with Crippen molar-refractivity contribution in [1.29, 1.82) is 0 Å². The predicted octanol–water partition coefficient (Wildman–Crippen LogP) is 2.35. The second-order valence-corrected chi connectivity index (χ2v) is 4.62. The molecule has 1 aromatic carbocycles. The summed E-state index contributed by atoms with van der Waals surface area (Å²) >= 11 is 0. The number of fused-ring (bicyclic) bond motifs is 1. The van der Waals surface area contributed by atoms with E-state index in [-0.39, 0.29) is 0 Å². The molecule has 14 heavy (non-hydrogen) atoms. The minimum Gasteiger partial charge on any atom is -0.303 e. The Kier molecular flexibility index (Phi) is 1.88. The zero-order chi connectivity index (χ0) is 9.54. The van der Waals surface area contributed by atoms with Gasteiger partial charge in [0.25, 0.3) is 0 Å². The summed E-state index contributed by atoms with van der Waals surface area (Å²) in [7, 11) is 0. The Balaban J connectivity index is 1.71. The van der Waals surface area contributed by atoms with Gasteiger partial charge in [0.05, 0.1) is 0 Å². The third kappa shape index (κ3) is 1.19. The van der Waals surface area contributed by atoms with Crippen molar-refractivity contribution < 1.29 is 0 Å². The van der Waals surface area contributed by atoms with Gasteiger partial charge in [0.15, 0.2) is 0 Å². The summed E-state index contributed by atoms with van der Waals surface area (Å²) in [6.45, 7) is 6.16. The van der Waals surface area contributed by atoms with Gasteiger partial charge in [0, 0.05) is 13.1 Å². The molecule has 0 bridgehead atoms. The highest BCUT2D eigenvalue weighted by atomic mass is 15.2. The fourth-order valence-electron chi connectivity index (χ4n) is 3.04. The average Bonchev–Trinajstić information content (AvgIpc) is 2.75. The van der Waals surface area contributed by atoms with E-state index in [0.717, 1.165) is 17.8 Å². The van der Waals surface area contributed by atoms with Crippen LogP contribution in [0.4, 0.5) is 0 Å². The Morgan fingerprint density at radius 2 is 1.79 bits per heavy atom. The van der Waals surface area contributed by atoms with Crippen molar-refractivity contribution in [1.82, 2.24) is 4.90 Å². The summed E-state index contributed by atoms with van der Waals surface area (Å²) in [5.74, 6) is 2.83. The Labute approximate surface area is 85.7 Å². The molecule has 1 aliphatic heterocycles. The Hall–Kier alpha value is -0.820. The Morgan fingerprint density at radius 3 is 2.36 bits per heavy atom. The average molecular weight is 187 g/mol. The number of rotatable bonds is 2. The van der Waals surface area contributed by atoms with Crippen LogP contribution in [0.25, 0.3) is 0 Å². The topological polar surface area (TPSA) is 3.24 Å². The fraction of sp³-hybridized carbons (Fsp3) is 0.538. The molecule has 1 saturated carbocycles. The molecule has 74 valence electrons. The van der Waals surface area contributed by atoms with Crippen LogP contribution >= 0.6 is 0 Å². The van der Waals surface area contributed by atoms with E-state index in [1.54, 1.807) is 5.56 Å². The molecule has 1 heteroatoms. The smallest absolute Gasteiger partial charge is 0.00190 e. The van der Waals surface area contributed by atoms with E-state index in [9.17, 15) is 0 Å². The number of piperidine rings is 1. The van der Waals surface area contributed by atoms with E-state index >= 15 is 0 Å². The lowest BCUT2D eigenvalue weighted by Gasteiger charge is -2.16. The van der Waals surface area contributed by atoms with Gasteiger partial charge < -0.3 is 4.90 Å². The van der Waals surface area contributed by atoms with E-state index in [0.29, 0.717) is 0 Å². The van der Waals surface area contributed by atoms with Crippen molar-refractivity contribution in [3.05, 3.63) is 35.9 Å². The Bertz CT molecular complexity index is 307. The van der Waals surface area contributed by atoms with Crippen molar-refractivity contribution in [3.63, 3.8) is 0 Å². The highest BCUT2D eigenvalue weighted by Gasteiger charge is 2.55. The molecule has 1 heterocycles. The molecule has 2 unspecified atom stereocenters. The molecule has 0 aromatic heterocycles. The quantitative estimate of drug-likeness (QED) is 0.687. The third-order valence-corrected chi connectivity index (χ3v) is 3.90. The van der Waals surface area contributed by atoms with Gasteiger partial charge in [-0.3, -0.25) is 0 Å². The molecule has 1 aliphatic carbocycles. The van der Waals surface area contributed by atoms with Crippen LogP contribution in [0.15, 0.2) is 30.3 Å². The lowest BCUT2D eigenvalue weighted by molar-refractivity contribution is 0.314. The van der Waals surface area contributed by atoms with Gasteiger partial charge in [-0.2, -0.15) is 0 Å². The second-order valence-electron chi connectivity index (χ2n) is 4.62. The van der Waals surface area contributed by atoms with E-state index in [1.165, 1.54) is 19.6 Å². The van der Waals surface area contributed by atoms with Crippen LogP contribution in [-0.4, -0.2) is 24.5 Å². The minimum atomic E-state index is 0.888. The highest BCUT2D eigenvalue weighted by molar-refractivity contribution is 5.30. The Morgan fingerprint density at radius 1 is 1.14 bits per heavy atom. The van der Waals surface area contributed by atoms with Crippen molar-refractivity contribution in [3.8, 4) is 0 Å². The van der Waals surface area contributed by atoms with Crippen molar-refractivity contribution in [2.75, 3.05) is 19.6 Å². The maximum absolute atomic E-state index is 2.58. The van der Waals surface area contributed by atoms with Gasteiger partial charge in [-0.1, -0.05) is 37.3 Å². The van der Waals surface area contributed by atoms with Crippen molar-refractivity contribution in [2.24, 2.45) is 11.8 Å². The number of hydrogen-bond donors (Lipinski definition) is 0. The monoisotopic (exact) mass is 187 g/mol. The summed E-state index contributed by atoms with van der Waals surface area (Å²) in [5.41, 5.74) is 1.57. The maximum Gasteiger partial charge on any atom is 0.00190 e. The summed E-state index contributed by atoms with van der Waals surface area (Å²) in [4.78, 5) is 2.58. The fourth-order valence-corrected chi connectivity index (χ4v) is 3.04. The molecule has 2 aliphatic rings. The summed E-state index contributed by atoms with van der Waals surface area (Å²) in [6.07, 6.45) is 0. The molecule has 0 radical (unpaired) electrons. The van der Waals surface area contributed by atoms with Crippen LogP contribution in [0.5, 0.6) is 0 Å². The van der Waals surface area contributed by atoms with Gasteiger partial charge in [-0.25, -0.2) is 0 Å². The SMILES string of the molecule is CCN1CC2C(C1)C2c1ccccc1. The van der Waals surface area contributed by atoms with Crippen LogP contribution in [-0.2, 0) is 0 Å². The molecular formula is C13H17N. The molecule has 3 rings (SSSR count). The zero-order valence-electron chi connectivity index (χ0n) is 8.69. The first-order valence-electron chi connectivity index (χ1n) is 5.67. The van der Waals surface area contributed by atoms with Gasteiger partial charge in [0.2, 0.25) is 0 Å². The standard InChI is InChI=1S/C13H17N/c1-2-14-8-11-12(9-14)13(11)10-6-4-3-5-7-10/h3-7,11-13H,2,8-9H2,1H3. The van der Waals surface area contributed by atoms with Crippen LogP contribution in [0, 0.1) is 11.8 Å². The normalized spacial score (nSPS) is 35.6. The number of hydrogen-bond acceptors (Lipinski definition) is 1. The van der Waals surface area contributed by atoms with E-state index in [1.807, 2.05) is 0 Å². The molecule has 1 saturated heterocycles. The lowest BCUT2D eigenvalue weighted by Crippen LogP contribution is -2.23. The second kappa shape index (κ2) is 3.09. The van der Waals surface area contributed by atoms with Crippen LogP contribution < -0.4 is 0 Å². The first kappa shape index (κ1) is 8.49. The van der Waals surface area contributed by atoms with Crippen LogP contribution in [0.3, 0.4) is 0 Å². The van der Waals surface area contributed by atoms with Crippen LogP contribution in [0.2, 0.25) is 0 Å². The zero-order valence-corrected chi connectivity index (χ0v) is 8.69. The minimum absolute atomic E-state index is 0.888. The summed E-state index contributed by atoms with van der Waals surface area (Å²) < 4.78 is 0. The van der Waals surface area contributed by atoms with E-state index in [4.69, 9.17) is 0 Å². The molecular weight excluding hydrogens is 170 g/mol. The predicted molar refractivity (Wildman–Crippen MR) is 58.3 cm³/mol. The highest BCUT2D eigenvalue weighted by Crippen LogP contribution is 2.57. The van der Waals surface area contributed by atoms with Gasteiger partial charge in [-0.05, 0) is 29.9 Å². The molecule has 2 atom stereocenters. The first-order valence-corrected chi connectivity index (χ1v) is 5.67. The molecule has 0 amide bonds. The number of likely N-dealkylation sites (tertiary alicyclic amines) is 1. The first-order chi connectivity index (χ1) is 6.90. The molecule has 1 aromatic rings. The largest absolute Gasteiger partial charge is 0.303 e. The van der Waals surface area contributed by atoms with Gasteiger partial charge in [0.1, 0.15) is 0 Å².